The summed E-state index contributed by atoms with van der Waals surface area (Å²) in [5.41, 5.74) is 6.25. The van der Waals surface area contributed by atoms with Crippen LogP contribution in [0.15, 0.2) is 22.7 Å². The summed E-state index contributed by atoms with van der Waals surface area (Å²) in [5.74, 6) is -0.473. The molecule has 0 saturated heterocycles. The highest BCUT2D eigenvalue weighted by Crippen LogP contribution is 2.25. The van der Waals surface area contributed by atoms with Gasteiger partial charge in [-0.05, 0) is 43.0 Å². The van der Waals surface area contributed by atoms with E-state index in [1.807, 2.05) is 0 Å². The van der Waals surface area contributed by atoms with Crippen LogP contribution in [0.4, 0.5) is 4.39 Å². The first kappa shape index (κ1) is 14.5. The van der Waals surface area contributed by atoms with Crippen LogP contribution in [0.2, 0.25) is 0 Å². The number of carbonyl (C=O) groups is 1. The molecular weight excluding hydrogens is 311 g/mol. The molecule has 0 radical (unpaired) electrons. The summed E-state index contributed by atoms with van der Waals surface area (Å²) in [7, 11) is 0. The normalized spacial score (nSPS) is 23.3. The number of nitrogens with two attached hydrogens (primary N) is 1. The maximum atomic E-state index is 13.2. The molecule has 3 N–H and O–H groups in total. The molecule has 5 heteroatoms. The average Bonchev–Trinajstić information content (AvgIpc) is 2.40. The van der Waals surface area contributed by atoms with Gasteiger partial charge in [0.25, 0.3) is 0 Å². The minimum absolute atomic E-state index is 0.0257. The molecule has 3 nitrogen and oxygen atoms in total. The lowest BCUT2D eigenvalue weighted by Gasteiger charge is -2.28. The van der Waals surface area contributed by atoms with Gasteiger partial charge in [0.15, 0.2) is 0 Å². The van der Waals surface area contributed by atoms with Crippen LogP contribution in [0.25, 0.3) is 0 Å². The van der Waals surface area contributed by atoms with E-state index in [9.17, 15) is 9.18 Å². The lowest BCUT2D eigenvalue weighted by atomic mass is 9.85. The van der Waals surface area contributed by atoms with Gasteiger partial charge in [-0.25, -0.2) is 4.39 Å². The van der Waals surface area contributed by atoms with E-state index in [1.54, 1.807) is 6.07 Å². The van der Waals surface area contributed by atoms with Crippen molar-refractivity contribution >= 4 is 21.8 Å². The number of primary amides is 1. The standard InChI is InChI=1S/C14H18BrFN2O/c15-13-5-4-11(16)6-10(13)8-18-12-3-1-2-9(7-12)14(17)19/h4-6,9,12,18H,1-3,7-8H2,(H2,17,19)/t9-,12-/m1/s1. The summed E-state index contributed by atoms with van der Waals surface area (Å²) in [6.07, 6.45) is 3.71. The van der Waals surface area contributed by atoms with Gasteiger partial charge in [-0.1, -0.05) is 22.4 Å². The smallest absolute Gasteiger partial charge is 0.220 e. The van der Waals surface area contributed by atoms with Gasteiger partial charge >= 0.3 is 0 Å². The predicted molar refractivity (Wildman–Crippen MR) is 75.9 cm³/mol. The maximum absolute atomic E-state index is 13.2. The monoisotopic (exact) mass is 328 g/mol. The zero-order valence-electron chi connectivity index (χ0n) is 10.7. The number of hydrogen-bond donors (Lipinski definition) is 2. The zero-order valence-corrected chi connectivity index (χ0v) is 12.2. The van der Waals surface area contributed by atoms with Gasteiger partial charge in [0, 0.05) is 23.0 Å². The average molecular weight is 329 g/mol. The molecule has 1 aromatic carbocycles. The number of carbonyl (C=O) groups excluding carboxylic acids is 1. The molecule has 0 unspecified atom stereocenters. The Morgan fingerprint density at radius 2 is 2.26 bits per heavy atom. The fraction of sp³-hybridized carbons (Fsp3) is 0.500. The Morgan fingerprint density at radius 3 is 3.00 bits per heavy atom. The molecule has 2 atom stereocenters. The molecule has 0 heterocycles. The van der Waals surface area contributed by atoms with Crippen LogP contribution in [0, 0.1) is 11.7 Å². The van der Waals surface area contributed by atoms with Crippen molar-refractivity contribution in [2.75, 3.05) is 0 Å². The third kappa shape index (κ3) is 4.01. The quantitative estimate of drug-likeness (QED) is 0.892. The Labute approximate surface area is 120 Å². The zero-order chi connectivity index (χ0) is 13.8. The Kier molecular flexibility index (Phi) is 4.93. The van der Waals surface area contributed by atoms with E-state index < -0.39 is 0 Å². The number of benzene rings is 1. The van der Waals surface area contributed by atoms with Gasteiger partial charge in [0.2, 0.25) is 5.91 Å². The molecule has 19 heavy (non-hydrogen) atoms. The second-order valence-electron chi connectivity index (χ2n) is 5.08. The number of hydrogen-bond acceptors (Lipinski definition) is 2. The van der Waals surface area contributed by atoms with Crippen molar-refractivity contribution in [1.29, 1.82) is 0 Å². The Balaban J connectivity index is 1.91. The summed E-state index contributed by atoms with van der Waals surface area (Å²) in [6, 6.07) is 4.93. The van der Waals surface area contributed by atoms with E-state index >= 15 is 0 Å². The highest BCUT2D eigenvalue weighted by Gasteiger charge is 2.25. The number of halogens is 2. The molecule has 1 aliphatic carbocycles. The van der Waals surface area contributed by atoms with Crippen molar-refractivity contribution in [1.82, 2.24) is 5.32 Å². The minimum atomic E-state index is -0.237. The lowest BCUT2D eigenvalue weighted by Crippen LogP contribution is -2.38. The maximum Gasteiger partial charge on any atom is 0.220 e. The topological polar surface area (TPSA) is 55.1 Å². The van der Waals surface area contributed by atoms with Crippen LogP contribution in [0.1, 0.15) is 31.2 Å². The van der Waals surface area contributed by atoms with Gasteiger partial charge < -0.3 is 11.1 Å². The highest BCUT2D eigenvalue weighted by atomic mass is 79.9. The second kappa shape index (κ2) is 6.48. The third-order valence-corrected chi connectivity index (χ3v) is 4.44. The van der Waals surface area contributed by atoms with E-state index in [4.69, 9.17) is 5.73 Å². The van der Waals surface area contributed by atoms with E-state index in [2.05, 4.69) is 21.2 Å². The second-order valence-corrected chi connectivity index (χ2v) is 5.93. The Bertz CT molecular complexity index is 467. The molecule has 0 aliphatic heterocycles. The number of rotatable bonds is 4. The van der Waals surface area contributed by atoms with Crippen LogP contribution in [0.5, 0.6) is 0 Å². The number of nitrogens with one attached hydrogen (secondary N) is 1. The van der Waals surface area contributed by atoms with Gasteiger partial charge in [-0.15, -0.1) is 0 Å². The van der Waals surface area contributed by atoms with E-state index in [1.165, 1.54) is 12.1 Å². The van der Waals surface area contributed by atoms with Crippen LogP contribution >= 0.6 is 15.9 Å². The molecular formula is C14H18BrFN2O. The summed E-state index contributed by atoms with van der Waals surface area (Å²) < 4.78 is 14.1. The lowest BCUT2D eigenvalue weighted by molar-refractivity contribution is -0.122. The Hall–Kier alpha value is -0.940. The molecule has 1 aliphatic rings. The molecule has 104 valence electrons. The molecule has 0 bridgehead atoms. The first-order valence-corrected chi connectivity index (χ1v) is 7.32. The first-order valence-electron chi connectivity index (χ1n) is 6.53. The van der Waals surface area contributed by atoms with Crippen molar-refractivity contribution in [2.45, 2.75) is 38.3 Å². The van der Waals surface area contributed by atoms with Gasteiger partial charge in [-0.2, -0.15) is 0 Å². The summed E-state index contributed by atoms with van der Waals surface area (Å²) in [6.45, 7) is 0.592. The van der Waals surface area contributed by atoms with Crippen LogP contribution in [-0.4, -0.2) is 11.9 Å². The van der Waals surface area contributed by atoms with Crippen molar-refractivity contribution in [3.8, 4) is 0 Å². The molecule has 2 rings (SSSR count). The summed E-state index contributed by atoms with van der Waals surface area (Å²) in [4.78, 5) is 11.2. The molecule has 1 amide bonds. The first-order chi connectivity index (χ1) is 9.06. The van der Waals surface area contributed by atoms with Crippen molar-refractivity contribution in [2.24, 2.45) is 11.7 Å². The van der Waals surface area contributed by atoms with E-state index in [0.717, 1.165) is 35.7 Å². The van der Waals surface area contributed by atoms with Gasteiger partial charge in [-0.3, -0.25) is 4.79 Å². The van der Waals surface area contributed by atoms with Crippen LogP contribution in [-0.2, 0) is 11.3 Å². The largest absolute Gasteiger partial charge is 0.369 e. The van der Waals surface area contributed by atoms with Crippen LogP contribution in [0.3, 0.4) is 0 Å². The fourth-order valence-electron chi connectivity index (χ4n) is 2.57. The predicted octanol–water partition coefficient (Wildman–Crippen LogP) is 2.72. The molecule has 0 spiro atoms. The van der Waals surface area contributed by atoms with Crippen molar-refractivity contribution < 1.29 is 9.18 Å². The number of amides is 1. The van der Waals surface area contributed by atoms with Crippen LogP contribution < -0.4 is 11.1 Å². The van der Waals surface area contributed by atoms with Crippen molar-refractivity contribution in [3.63, 3.8) is 0 Å². The molecule has 1 fully saturated rings. The third-order valence-electron chi connectivity index (χ3n) is 3.67. The Morgan fingerprint density at radius 1 is 1.47 bits per heavy atom. The SMILES string of the molecule is NC(=O)[C@@H]1CCC[C@@H](NCc2cc(F)ccc2Br)C1. The molecule has 1 saturated carbocycles. The van der Waals surface area contributed by atoms with E-state index in [0.29, 0.717) is 6.54 Å². The summed E-state index contributed by atoms with van der Waals surface area (Å²) >= 11 is 3.41. The highest BCUT2D eigenvalue weighted by molar-refractivity contribution is 9.10. The summed E-state index contributed by atoms with van der Waals surface area (Å²) in [5, 5.41) is 3.39. The van der Waals surface area contributed by atoms with Crippen molar-refractivity contribution in [3.05, 3.63) is 34.1 Å². The van der Waals surface area contributed by atoms with Gasteiger partial charge in [0.05, 0.1) is 0 Å². The molecule has 1 aromatic rings. The molecule has 0 aromatic heterocycles. The fourth-order valence-corrected chi connectivity index (χ4v) is 2.95. The van der Waals surface area contributed by atoms with Gasteiger partial charge in [0.1, 0.15) is 5.82 Å². The minimum Gasteiger partial charge on any atom is -0.369 e. The van der Waals surface area contributed by atoms with E-state index in [-0.39, 0.29) is 23.7 Å².